The van der Waals surface area contributed by atoms with Crippen LogP contribution in [0.15, 0.2) is 12.1 Å². The average molecular weight is 261 g/mol. The summed E-state index contributed by atoms with van der Waals surface area (Å²) in [5, 5.41) is 10.5. The Hall–Kier alpha value is -2.25. The normalized spacial score (nSPS) is 11.1. The number of Topliss-reactive ketones (excluding diaryl/α,β-unsaturated/α-hetero) is 1. The number of nitrogens with zero attached hydrogens (tertiary/aromatic N) is 1. The predicted molar refractivity (Wildman–Crippen MR) is 53.5 cm³/mol. The maximum atomic E-state index is 12.6. The summed E-state index contributed by atoms with van der Waals surface area (Å²) in [6.45, 7) is 0.923. The van der Waals surface area contributed by atoms with Crippen LogP contribution in [0.1, 0.15) is 33.2 Å². The molecule has 5 nitrogen and oxygen atoms in total. The van der Waals surface area contributed by atoms with Crippen LogP contribution in [0.3, 0.4) is 0 Å². The number of benzene rings is 1. The van der Waals surface area contributed by atoms with E-state index in [1.165, 1.54) is 0 Å². The van der Waals surface area contributed by atoms with Crippen molar-refractivity contribution in [2.24, 2.45) is 0 Å². The zero-order valence-electron chi connectivity index (χ0n) is 8.95. The van der Waals surface area contributed by atoms with Gasteiger partial charge in [0.15, 0.2) is 12.1 Å². The summed E-state index contributed by atoms with van der Waals surface area (Å²) in [7, 11) is 0. The first-order valence-electron chi connectivity index (χ1n) is 4.54. The predicted octanol–water partition coefficient (Wildman–Crippen LogP) is 2.63. The first-order chi connectivity index (χ1) is 8.18. The second-order valence-corrected chi connectivity index (χ2v) is 3.38. The maximum absolute atomic E-state index is 12.6. The number of rotatable bonds is 3. The summed E-state index contributed by atoms with van der Waals surface area (Å²) in [6, 6.07) is 0.886. The van der Waals surface area contributed by atoms with Crippen molar-refractivity contribution in [1.82, 2.24) is 0 Å². The number of non-ortho nitro benzene ring substituents is 1. The van der Waals surface area contributed by atoms with Crippen molar-refractivity contribution in [3.8, 4) is 0 Å². The van der Waals surface area contributed by atoms with Crippen LogP contribution in [0.2, 0.25) is 0 Å². The van der Waals surface area contributed by atoms with Crippen molar-refractivity contribution >= 4 is 17.8 Å². The highest BCUT2D eigenvalue weighted by atomic mass is 19.4. The highest BCUT2D eigenvalue weighted by Crippen LogP contribution is 2.35. The lowest BCUT2D eigenvalue weighted by Crippen LogP contribution is -2.13. The molecule has 0 atom stereocenters. The van der Waals surface area contributed by atoms with Gasteiger partial charge in [0, 0.05) is 23.3 Å². The lowest BCUT2D eigenvalue weighted by atomic mass is 9.98. The quantitative estimate of drug-likeness (QED) is 0.362. The van der Waals surface area contributed by atoms with Gasteiger partial charge < -0.3 is 0 Å². The van der Waals surface area contributed by atoms with Crippen molar-refractivity contribution in [2.45, 2.75) is 13.1 Å². The number of ketones is 1. The molecule has 0 unspecified atom stereocenters. The highest BCUT2D eigenvalue weighted by Gasteiger charge is 2.37. The third kappa shape index (κ3) is 2.53. The maximum Gasteiger partial charge on any atom is 0.417 e. The van der Waals surface area contributed by atoms with E-state index >= 15 is 0 Å². The Bertz CT molecular complexity index is 537. The molecule has 0 bridgehead atoms. The fraction of sp³-hybridized carbons (Fsp3) is 0.200. The van der Waals surface area contributed by atoms with E-state index in [2.05, 4.69) is 0 Å². The van der Waals surface area contributed by atoms with Crippen LogP contribution < -0.4 is 0 Å². The van der Waals surface area contributed by atoms with Gasteiger partial charge in [-0.25, -0.2) is 0 Å². The van der Waals surface area contributed by atoms with Crippen molar-refractivity contribution in [3.05, 3.63) is 38.9 Å². The average Bonchev–Trinajstić information content (AvgIpc) is 2.25. The van der Waals surface area contributed by atoms with E-state index in [4.69, 9.17) is 0 Å². The Labute approximate surface area is 98.4 Å². The van der Waals surface area contributed by atoms with Crippen LogP contribution >= 0.6 is 0 Å². The summed E-state index contributed by atoms with van der Waals surface area (Å²) >= 11 is 0. The molecule has 0 N–H and O–H groups in total. The van der Waals surface area contributed by atoms with Crippen LogP contribution in [0.4, 0.5) is 18.9 Å². The van der Waals surface area contributed by atoms with Crippen molar-refractivity contribution in [2.75, 3.05) is 0 Å². The number of carbonyl (C=O) groups is 2. The standard InChI is InChI=1S/C10H6F3NO4/c1-5(16)7-2-6(14(17)18)3-9(8(7)4-15)10(11,12)13/h2-4H,1H3. The Kier molecular flexibility index (Phi) is 3.49. The molecular weight excluding hydrogens is 255 g/mol. The number of nitro groups is 1. The number of carbonyl (C=O) groups excluding carboxylic acids is 2. The van der Waals surface area contributed by atoms with E-state index in [0.29, 0.717) is 6.07 Å². The Morgan fingerprint density at radius 2 is 1.94 bits per heavy atom. The van der Waals surface area contributed by atoms with E-state index < -0.39 is 39.3 Å². The molecular formula is C10H6F3NO4. The lowest BCUT2D eigenvalue weighted by Gasteiger charge is -2.11. The Balaban J connectivity index is 3.72. The minimum absolute atomic E-state index is 0.136. The minimum Gasteiger partial charge on any atom is -0.298 e. The topological polar surface area (TPSA) is 77.3 Å². The minimum atomic E-state index is -4.95. The fourth-order valence-corrected chi connectivity index (χ4v) is 1.40. The second kappa shape index (κ2) is 4.55. The third-order valence-electron chi connectivity index (χ3n) is 2.18. The molecule has 18 heavy (non-hydrogen) atoms. The zero-order chi connectivity index (χ0) is 14.1. The summed E-state index contributed by atoms with van der Waals surface area (Å²) in [4.78, 5) is 31.2. The van der Waals surface area contributed by atoms with Gasteiger partial charge in [-0.15, -0.1) is 0 Å². The molecule has 0 aliphatic heterocycles. The third-order valence-corrected chi connectivity index (χ3v) is 2.18. The van der Waals surface area contributed by atoms with Gasteiger partial charge in [0.2, 0.25) is 0 Å². The fourth-order valence-electron chi connectivity index (χ4n) is 1.40. The van der Waals surface area contributed by atoms with Gasteiger partial charge >= 0.3 is 6.18 Å². The molecule has 1 aromatic rings. The summed E-state index contributed by atoms with van der Waals surface area (Å²) in [5.74, 6) is -0.855. The highest BCUT2D eigenvalue weighted by molar-refractivity contribution is 6.02. The van der Waals surface area contributed by atoms with E-state index in [9.17, 15) is 32.9 Å². The molecule has 0 amide bonds. The summed E-state index contributed by atoms with van der Waals surface area (Å²) in [5.41, 5.74) is -3.89. The molecule has 8 heteroatoms. The van der Waals surface area contributed by atoms with Crippen LogP contribution in [-0.4, -0.2) is 17.0 Å². The number of halogens is 3. The van der Waals surface area contributed by atoms with Gasteiger partial charge in [-0.3, -0.25) is 19.7 Å². The monoisotopic (exact) mass is 261 g/mol. The van der Waals surface area contributed by atoms with Gasteiger partial charge in [-0.1, -0.05) is 0 Å². The first-order valence-corrected chi connectivity index (χ1v) is 4.54. The Morgan fingerprint density at radius 3 is 2.28 bits per heavy atom. The molecule has 0 aliphatic rings. The number of aldehydes is 1. The molecule has 0 aromatic heterocycles. The van der Waals surface area contributed by atoms with Crippen LogP contribution in [0, 0.1) is 10.1 Å². The molecule has 0 spiro atoms. The number of nitro benzene ring substituents is 1. The first kappa shape index (κ1) is 13.8. The molecule has 0 fully saturated rings. The summed E-state index contributed by atoms with van der Waals surface area (Å²) in [6.07, 6.45) is -5.09. The van der Waals surface area contributed by atoms with Gasteiger partial charge in [-0.05, 0) is 6.92 Å². The van der Waals surface area contributed by atoms with Gasteiger partial charge in [0.1, 0.15) is 0 Å². The van der Waals surface area contributed by atoms with Crippen molar-refractivity contribution in [3.63, 3.8) is 0 Å². The number of hydrogen-bond donors (Lipinski definition) is 0. The molecule has 0 aliphatic carbocycles. The SMILES string of the molecule is CC(=O)c1cc([N+](=O)[O-])cc(C(F)(F)F)c1C=O. The van der Waals surface area contributed by atoms with Gasteiger partial charge in [0.05, 0.1) is 10.5 Å². The van der Waals surface area contributed by atoms with Crippen LogP contribution in [0.5, 0.6) is 0 Å². The van der Waals surface area contributed by atoms with E-state index in [0.717, 1.165) is 6.92 Å². The van der Waals surface area contributed by atoms with Gasteiger partial charge in [0.25, 0.3) is 5.69 Å². The zero-order valence-corrected chi connectivity index (χ0v) is 8.95. The Morgan fingerprint density at radius 1 is 1.39 bits per heavy atom. The molecule has 1 rings (SSSR count). The van der Waals surface area contributed by atoms with Crippen LogP contribution in [0.25, 0.3) is 0 Å². The van der Waals surface area contributed by atoms with E-state index in [-0.39, 0.29) is 12.4 Å². The van der Waals surface area contributed by atoms with E-state index in [1.807, 2.05) is 0 Å². The van der Waals surface area contributed by atoms with Crippen molar-refractivity contribution in [1.29, 1.82) is 0 Å². The molecule has 96 valence electrons. The smallest absolute Gasteiger partial charge is 0.298 e. The van der Waals surface area contributed by atoms with Gasteiger partial charge in [-0.2, -0.15) is 13.2 Å². The number of alkyl halides is 3. The molecule has 0 saturated carbocycles. The van der Waals surface area contributed by atoms with Crippen LogP contribution in [-0.2, 0) is 6.18 Å². The second-order valence-electron chi connectivity index (χ2n) is 3.38. The molecule has 0 radical (unpaired) electrons. The molecule has 0 heterocycles. The largest absolute Gasteiger partial charge is 0.417 e. The molecule has 0 saturated heterocycles. The van der Waals surface area contributed by atoms with Crippen molar-refractivity contribution < 1.29 is 27.7 Å². The lowest BCUT2D eigenvalue weighted by molar-refractivity contribution is -0.385. The van der Waals surface area contributed by atoms with E-state index in [1.54, 1.807) is 0 Å². The molecule has 1 aromatic carbocycles. The summed E-state index contributed by atoms with van der Waals surface area (Å²) < 4.78 is 37.9. The number of hydrogen-bond acceptors (Lipinski definition) is 4.